The molecule has 5 nitrogen and oxygen atoms in total. The highest BCUT2D eigenvalue weighted by molar-refractivity contribution is 5.87. The summed E-state index contributed by atoms with van der Waals surface area (Å²) in [6.07, 6.45) is 1.12. The van der Waals surface area contributed by atoms with Crippen molar-refractivity contribution in [2.45, 2.75) is 25.8 Å². The summed E-state index contributed by atoms with van der Waals surface area (Å²) in [5.41, 5.74) is 0. The second kappa shape index (κ2) is 6.93. The van der Waals surface area contributed by atoms with E-state index in [0.29, 0.717) is 19.6 Å². The number of para-hydroxylation sites is 1. The van der Waals surface area contributed by atoms with Crippen LogP contribution in [0.15, 0.2) is 30.3 Å². The van der Waals surface area contributed by atoms with Crippen molar-refractivity contribution in [2.24, 2.45) is 0 Å². The van der Waals surface area contributed by atoms with Gasteiger partial charge in [-0.1, -0.05) is 18.2 Å². The number of nitrogens with zero attached hydrogens (tertiary/aromatic N) is 1. The maximum Gasteiger partial charge on any atom is 0.242 e. The molecule has 2 rings (SSSR count). The zero-order chi connectivity index (χ0) is 14.4. The van der Waals surface area contributed by atoms with E-state index < -0.39 is 0 Å². The third-order valence-electron chi connectivity index (χ3n) is 3.33. The maximum atomic E-state index is 11.9. The molecule has 5 heteroatoms. The van der Waals surface area contributed by atoms with Gasteiger partial charge in [0.25, 0.3) is 0 Å². The molecule has 1 fully saturated rings. The Morgan fingerprint density at radius 2 is 2.05 bits per heavy atom. The van der Waals surface area contributed by atoms with Crippen LogP contribution in [0.2, 0.25) is 0 Å². The molecule has 0 radical (unpaired) electrons. The van der Waals surface area contributed by atoms with Crippen LogP contribution in [-0.4, -0.2) is 42.5 Å². The van der Waals surface area contributed by atoms with E-state index in [2.05, 4.69) is 5.32 Å². The van der Waals surface area contributed by atoms with E-state index in [1.807, 2.05) is 37.3 Å². The standard InChI is InChI=1S/C15H20N2O3/c1-12-10-14(18)16-11-15(19)17(12)8-5-9-20-13-6-3-2-4-7-13/h2-4,6-7,12H,5,8-11H2,1H3,(H,16,18). The van der Waals surface area contributed by atoms with E-state index in [-0.39, 0.29) is 24.4 Å². The lowest BCUT2D eigenvalue weighted by molar-refractivity contribution is -0.131. The Hall–Kier alpha value is -2.04. The second-order valence-corrected chi connectivity index (χ2v) is 4.93. The average molecular weight is 276 g/mol. The smallest absolute Gasteiger partial charge is 0.242 e. The molecule has 1 aromatic carbocycles. The molecule has 0 bridgehead atoms. The van der Waals surface area contributed by atoms with Gasteiger partial charge in [-0.2, -0.15) is 0 Å². The van der Waals surface area contributed by atoms with Gasteiger partial charge in [-0.3, -0.25) is 9.59 Å². The van der Waals surface area contributed by atoms with Crippen LogP contribution in [0.25, 0.3) is 0 Å². The molecule has 1 aliphatic rings. The maximum absolute atomic E-state index is 11.9. The lowest BCUT2D eigenvalue weighted by Crippen LogP contribution is -2.40. The van der Waals surface area contributed by atoms with Crippen molar-refractivity contribution in [3.63, 3.8) is 0 Å². The van der Waals surface area contributed by atoms with Crippen molar-refractivity contribution < 1.29 is 14.3 Å². The molecule has 0 saturated carbocycles. The van der Waals surface area contributed by atoms with Gasteiger partial charge in [0.1, 0.15) is 5.75 Å². The first-order valence-corrected chi connectivity index (χ1v) is 6.91. The summed E-state index contributed by atoms with van der Waals surface area (Å²) in [5.74, 6) is 0.747. The molecule has 1 aliphatic heterocycles. The van der Waals surface area contributed by atoms with Crippen LogP contribution in [0, 0.1) is 0 Å². The zero-order valence-electron chi connectivity index (χ0n) is 11.7. The molecule has 1 atom stereocenters. The fourth-order valence-electron chi connectivity index (χ4n) is 2.26. The number of hydrogen-bond donors (Lipinski definition) is 1. The fourth-order valence-corrected chi connectivity index (χ4v) is 2.26. The van der Waals surface area contributed by atoms with Crippen LogP contribution in [0.5, 0.6) is 5.75 Å². The number of hydrogen-bond acceptors (Lipinski definition) is 3. The van der Waals surface area contributed by atoms with Gasteiger partial charge in [0, 0.05) is 19.0 Å². The Bertz CT molecular complexity index is 461. The number of carbonyl (C=O) groups is 2. The summed E-state index contributed by atoms with van der Waals surface area (Å²) in [6, 6.07) is 9.54. The number of rotatable bonds is 5. The highest BCUT2D eigenvalue weighted by Crippen LogP contribution is 2.11. The Morgan fingerprint density at radius 1 is 1.30 bits per heavy atom. The number of amides is 2. The predicted molar refractivity (Wildman–Crippen MR) is 75.4 cm³/mol. The van der Waals surface area contributed by atoms with Crippen molar-refractivity contribution in [3.8, 4) is 5.75 Å². The molecule has 2 amide bonds. The SMILES string of the molecule is CC1CC(=O)NCC(=O)N1CCCOc1ccccc1. The first-order chi connectivity index (χ1) is 9.66. The van der Waals surface area contributed by atoms with Crippen LogP contribution >= 0.6 is 0 Å². The number of nitrogens with one attached hydrogen (secondary N) is 1. The molecule has 0 spiro atoms. The van der Waals surface area contributed by atoms with Gasteiger partial charge in [-0.05, 0) is 25.5 Å². The molecular weight excluding hydrogens is 256 g/mol. The van der Waals surface area contributed by atoms with E-state index in [4.69, 9.17) is 4.74 Å². The van der Waals surface area contributed by atoms with E-state index in [0.717, 1.165) is 12.2 Å². The summed E-state index contributed by atoms with van der Waals surface area (Å²) in [6.45, 7) is 3.17. The highest BCUT2D eigenvalue weighted by Gasteiger charge is 2.25. The normalized spacial score (nSPS) is 19.4. The van der Waals surface area contributed by atoms with Gasteiger partial charge in [0.2, 0.25) is 11.8 Å². The van der Waals surface area contributed by atoms with E-state index >= 15 is 0 Å². The van der Waals surface area contributed by atoms with Gasteiger partial charge in [0.15, 0.2) is 0 Å². The van der Waals surface area contributed by atoms with Gasteiger partial charge in [-0.25, -0.2) is 0 Å². The Balaban J connectivity index is 1.77. The Labute approximate surface area is 118 Å². The summed E-state index contributed by atoms with van der Waals surface area (Å²) >= 11 is 0. The lowest BCUT2D eigenvalue weighted by atomic mass is 10.2. The van der Waals surface area contributed by atoms with Crippen LogP contribution in [0.3, 0.4) is 0 Å². The highest BCUT2D eigenvalue weighted by atomic mass is 16.5. The van der Waals surface area contributed by atoms with Crippen LogP contribution < -0.4 is 10.1 Å². The van der Waals surface area contributed by atoms with Gasteiger partial charge < -0.3 is 15.0 Å². The van der Waals surface area contributed by atoms with Crippen molar-refractivity contribution in [1.29, 1.82) is 0 Å². The van der Waals surface area contributed by atoms with Crippen molar-refractivity contribution in [1.82, 2.24) is 10.2 Å². The molecule has 0 aliphatic carbocycles. The molecule has 20 heavy (non-hydrogen) atoms. The van der Waals surface area contributed by atoms with Crippen LogP contribution in [0.4, 0.5) is 0 Å². The van der Waals surface area contributed by atoms with Crippen molar-refractivity contribution in [3.05, 3.63) is 30.3 Å². The minimum atomic E-state index is -0.0612. The third kappa shape index (κ3) is 3.98. The van der Waals surface area contributed by atoms with Gasteiger partial charge in [-0.15, -0.1) is 0 Å². The van der Waals surface area contributed by atoms with E-state index in [9.17, 15) is 9.59 Å². The molecule has 1 aromatic rings. The van der Waals surface area contributed by atoms with Gasteiger partial charge in [0.05, 0.1) is 13.2 Å². The van der Waals surface area contributed by atoms with E-state index in [1.165, 1.54) is 0 Å². The predicted octanol–water partition coefficient (Wildman–Crippen LogP) is 1.19. The molecule has 1 N–H and O–H groups in total. The molecule has 1 unspecified atom stereocenters. The number of carbonyl (C=O) groups excluding carboxylic acids is 2. The zero-order valence-corrected chi connectivity index (χ0v) is 11.7. The van der Waals surface area contributed by atoms with Crippen molar-refractivity contribution in [2.75, 3.05) is 19.7 Å². The third-order valence-corrected chi connectivity index (χ3v) is 3.33. The Kier molecular flexibility index (Phi) is 4.98. The molecule has 1 heterocycles. The van der Waals surface area contributed by atoms with Crippen LogP contribution in [0.1, 0.15) is 19.8 Å². The second-order valence-electron chi connectivity index (χ2n) is 4.93. The number of ether oxygens (including phenoxy) is 1. The molecule has 1 saturated heterocycles. The molecular formula is C15H20N2O3. The summed E-state index contributed by atoms with van der Waals surface area (Å²) in [4.78, 5) is 25.0. The molecule has 108 valence electrons. The average Bonchev–Trinajstić information content (AvgIpc) is 2.56. The summed E-state index contributed by atoms with van der Waals surface area (Å²) in [7, 11) is 0. The first-order valence-electron chi connectivity index (χ1n) is 6.91. The van der Waals surface area contributed by atoms with Crippen molar-refractivity contribution >= 4 is 11.8 Å². The summed E-state index contributed by atoms with van der Waals surface area (Å²) < 4.78 is 5.60. The minimum Gasteiger partial charge on any atom is -0.494 e. The first kappa shape index (κ1) is 14.4. The quantitative estimate of drug-likeness (QED) is 0.822. The summed E-state index contributed by atoms with van der Waals surface area (Å²) in [5, 5.41) is 2.61. The monoisotopic (exact) mass is 276 g/mol. The van der Waals surface area contributed by atoms with Crippen LogP contribution in [-0.2, 0) is 9.59 Å². The number of benzene rings is 1. The fraction of sp³-hybridized carbons (Fsp3) is 0.467. The topological polar surface area (TPSA) is 58.6 Å². The van der Waals surface area contributed by atoms with Gasteiger partial charge >= 0.3 is 0 Å². The molecule has 0 aromatic heterocycles. The van der Waals surface area contributed by atoms with E-state index in [1.54, 1.807) is 4.90 Å². The Morgan fingerprint density at radius 3 is 2.80 bits per heavy atom. The minimum absolute atomic E-state index is 0.0249. The largest absolute Gasteiger partial charge is 0.494 e. The lowest BCUT2D eigenvalue weighted by Gasteiger charge is -2.26.